The molecule has 3 aliphatic heterocycles. The topological polar surface area (TPSA) is 118 Å². The summed E-state index contributed by atoms with van der Waals surface area (Å²) in [6, 6.07) is -0.229. The van der Waals surface area contributed by atoms with Gasteiger partial charge in [0.1, 0.15) is 18.6 Å². The summed E-state index contributed by atoms with van der Waals surface area (Å²) in [6.45, 7) is 16.1. The third-order valence-electron chi connectivity index (χ3n) is 11.2. The molecule has 11 heteroatoms. The van der Waals surface area contributed by atoms with Gasteiger partial charge in [-0.2, -0.15) is 0 Å². The van der Waals surface area contributed by atoms with Gasteiger partial charge >= 0.3 is 5.97 Å². The SMILES string of the molecule is CO[C@]1(C)C[C@@H](C)CN(C)[C@H](C2CCN(C(=O)CCCC(C)C)CC2)COC(=O)[C@H](C)C(=O)[C@H](C)[C@H]1O[C@@H]1O[C@H](C)C[C@H](N(C)C)[C@H]1O. The fraction of sp³-hybridized carbons (Fsp3) is 0.919. The molecule has 48 heavy (non-hydrogen) atoms. The predicted octanol–water partition coefficient (Wildman–Crippen LogP) is 3.99. The van der Waals surface area contributed by atoms with Gasteiger partial charge in [0.25, 0.3) is 0 Å². The number of hydrogen-bond donors (Lipinski definition) is 1. The Morgan fingerprint density at radius 1 is 1.12 bits per heavy atom. The van der Waals surface area contributed by atoms with E-state index in [1.54, 1.807) is 21.0 Å². The van der Waals surface area contributed by atoms with Crippen LogP contribution in [0.1, 0.15) is 93.4 Å². The molecule has 1 amide bonds. The van der Waals surface area contributed by atoms with Gasteiger partial charge in [-0.15, -0.1) is 0 Å². The van der Waals surface area contributed by atoms with Crippen molar-refractivity contribution in [3.05, 3.63) is 0 Å². The molecule has 3 heterocycles. The number of piperidine rings is 1. The Kier molecular flexibility index (Phi) is 15.3. The van der Waals surface area contributed by atoms with E-state index >= 15 is 0 Å². The quantitative estimate of drug-likeness (QED) is 0.283. The first-order valence-corrected chi connectivity index (χ1v) is 18.4. The number of methoxy groups -OCH3 is 1. The smallest absolute Gasteiger partial charge is 0.316 e. The van der Waals surface area contributed by atoms with E-state index in [2.05, 4.69) is 32.7 Å². The number of carbonyl (C=O) groups excluding carboxylic acids is 3. The highest BCUT2D eigenvalue weighted by Gasteiger charge is 2.49. The second-order valence-corrected chi connectivity index (χ2v) is 16.0. The second kappa shape index (κ2) is 18.0. The molecule has 3 fully saturated rings. The number of carbonyl (C=O) groups is 3. The summed E-state index contributed by atoms with van der Waals surface area (Å²) < 4.78 is 24.9. The van der Waals surface area contributed by atoms with Crippen LogP contribution in [0, 0.1) is 29.6 Å². The van der Waals surface area contributed by atoms with Crippen LogP contribution in [0.5, 0.6) is 0 Å². The fourth-order valence-electron chi connectivity index (χ4n) is 8.22. The standard InChI is InChI=1S/C37H67N3O8/c1-23(2)13-12-14-31(41)40-17-15-28(16-18-40)30-22-46-35(44)27(6)32(42)26(5)34(37(7,45-11)20-24(3)21-39(30)10)48-36-33(43)29(38(8)9)19-25(4)47-36/h23-30,33-34,36,43H,12-22H2,1-11H3/t24-,25-,26+,27-,29+,30+,33-,34-,36+,37-/m1/s1. The molecule has 0 saturated carbocycles. The van der Waals surface area contributed by atoms with Crippen LogP contribution in [0.25, 0.3) is 0 Å². The second-order valence-electron chi connectivity index (χ2n) is 16.0. The van der Waals surface area contributed by atoms with Gasteiger partial charge in [-0.3, -0.25) is 19.3 Å². The molecular weight excluding hydrogens is 614 g/mol. The molecule has 3 rings (SSSR count). The van der Waals surface area contributed by atoms with Crippen molar-refractivity contribution in [2.75, 3.05) is 54.5 Å². The summed E-state index contributed by atoms with van der Waals surface area (Å²) >= 11 is 0. The molecule has 3 saturated heterocycles. The van der Waals surface area contributed by atoms with Crippen LogP contribution in [0.2, 0.25) is 0 Å². The Morgan fingerprint density at radius 2 is 1.77 bits per heavy atom. The van der Waals surface area contributed by atoms with Gasteiger partial charge in [0, 0.05) is 51.2 Å². The minimum Gasteiger partial charge on any atom is -0.463 e. The molecule has 3 aliphatic rings. The summed E-state index contributed by atoms with van der Waals surface area (Å²) in [5.41, 5.74) is -0.929. The molecule has 0 aromatic carbocycles. The third-order valence-corrected chi connectivity index (χ3v) is 11.2. The van der Waals surface area contributed by atoms with E-state index < -0.39 is 41.9 Å². The van der Waals surface area contributed by atoms with E-state index in [9.17, 15) is 19.5 Å². The number of ketones is 1. The van der Waals surface area contributed by atoms with Crippen molar-refractivity contribution in [1.29, 1.82) is 0 Å². The van der Waals surface area contributed by atoms with Crippen LogP contribution in [0.15, 0.2) is 0 Å². The number of esters is 1. The molecule has 0 aromatic heterocycles. The molecule has 11 nitrogen and oxygen atoms in total. The molecule has 0 aliphatic carbocycles. The Labute approximate surface area is 290 Å². The van der Waals surface area contributed by atoms with Gasteiger partial charge in [-0.1, -0.05) is 34.1 Å². The summed E-state index contributed by atoms with van der Waals surface area (Å²) in [5, 5.41) is 11.3. The van der Waals surface area contributed by atoms with Crippen LogP contribution in [0.3, 0.4) is 0 Å². The van der Waals surface area contributed by atoms with Gasteiger partial charge in [0.05, 0.1) is 17.8 Å². The van der Waals surface area contributed by atoms with Crippen LogP contribution in [-0.4, -0.2) is 134 Å². The number of hydrogen-bond acceptors (Lipinski definition) is 10. The number of cyclic esters (lactones) is 1. The number of aliphatic hydroxyl groups is 1. The van der Waals surface area contributed by atoms with Crippen molar-refractivity contribution in [3.63, 3.8) is 0 Å². The molecule has 10 atom stereocenters. The number of ether oxygens (including phenoxy) is 4. The van der Waals surface area contributed by atoms with Crippen molar-refractivity contribution in [3.8, 4) is 0 Å². The molecule has 0 radical (unpaired) electrons. The predicted molar refractivity (Wildman–Crippen MR) is 185 cm³/mol. The first kappa shape index (κ1) is 40.8. The van der Waals surface area contributed by atoms with Crippen molar-refractivity contribution in [1.82, 2.24) is 14.7 Å². The largest absolute Gasteiger partial charge is 0.463 e. The molecule has 0 aromatic rings. The molecule has 1 N–H and O–H groups in total. The number of nitrogens with zero attached hydrogens (tertiary/aromatic N) is 3. The van der Waals surface area contributed by atoms with Gasteiger partial charge in [-0.05, 0) is 91.8 Å². The number of amides is 1. The molecule has 278 valence electrons. The zero-order valence-electron chi connectivity index (χ0n) is 31.8. The van der Waals surface area contributed by atoms with Gasteiger partial charge in [0.15, 0.2) is 12.1 Å². The van der Waals surface area contributed by atoms with Gasteiger partial charge < -0.3 is 33.9 Å². The lowest BCUT2D eigenvalue weighted by molar-refractivity contribution is -0.295. The van der Waals surface area contributed by atoms with Gasteiger partial charge in [-0.25, -0.2) is 0 Å². The Morgan fingerprint density at radius 3 is 2.35 bits per heavy atom. The summed E-state index contributed by atoms with van der Waals surface area (Å²) in [4.78, 5) is 46.5. The number of Topliss-reactive ketones (excluding diaryl/α,β-unsaturated/α-hetero) is 1. The lowest BCUT2D eigenvalue weighted by atomic mass is 9.78. The minimum absolute atomic E-state index is 0.0499. The average molecular weight is 682 g/mol. The van der Waals surface area contributed by atoms with Crippen LogP contribution >= 0.6 is 0 Å². The normalized spacial score (nSPS) is 37.2. The van der Waals surface area contributed by atoms with E-state index in [4.69, 9.17) is 18.9 Å². The van der Waals surface area contributed by atoms with Gasteiger partial charge in [0.2, 0.25) is 5.91 Å². The van der Waals surface area contributed by atoms with Crippen LogP contribution in [-0.2, 0) is 33.3 Å². The summed E-state index contributed by atoms with van der Waals surface area (Å²) in [5.74, 6) is -1.41. The molecule has 0 spiro atoms. The molecular formula is C37H67N3O8. The van der Waals surface area contributed by atoms with Crippen LogP contribution < -0.4 is 0 Å². The highest BCUT2D eigenvalue weighted by atomic mass is 16.7. The van der Waals surface area contributed by atoms with E-state index in [-0.39, 0.29) is 48.3 Å². The summed E-state index contributed by atoms with van der Waals surface area (Å²) in [6.07, 6.45) is 2.60. The zero-order chi connectivity index (χ0) is 35.9. The molecule has 0 bridgehead atoms. The highest BCUT2D eigenvalue weighted by Crippen LogP contribution is 2.37. The van der Waals surface area contributed by atoms with E-state index in [1.807, 2.05) is 37.7 Å². The van der Waals surface area contributed by atoms with Crippen molar-refractivity contribution in [2.24, 2.45) is 29.6 Å². The molecule has 0 unspecified atom stereocenters. The van der Waals surface area contributed by atoms with Crippen molar-refractivity contribution < 1.29 is 38.4 Å². The van der Waals surface area contributed by atoms with Crippen molar-refractivity contribution >= 4 is 17.7 Å². The number of rotatable bonds is 9. The number of aliphatic hydroxyl groups excluding tert-OH is 1. The maximum Gasteiger partial charge on any atom is 0.316 e. The lowest BCUT2D eigenvalue weighted by Crippen LogP contribution is -2.59. The summed E-state index contributed by atoms with van der Waals surface area (Å²) in [7, 11) is 7.54. The fourth-order valence-corrected chi connectivity index (χ4v) is 8.22. The highest BCUT2D eigenvalue weighted by molar-refractivity contribution is 6.00. The van der Waals surface area contributed by atoms with E-state index in [0.717, 1.165) is 25.7 Å². The van der Waals surface area contributed by atoms with Crippen molar-refractivity contribution in [2.45, 2.75) is 136 Å². The maximum atomic E-state index is 14.0. The third kappa shape index (κ3) is 10.4. The Balaban J connectivity index is 1.82. The van der Waals surface area contributed by atoms with Crippen LogP contribution in [0.4, 0.5) is 0 Å². The lowest BCUT2D eigenvalue weighted by Gasteiger charge is -2.47. The first-order valence-electron chi connectivity index (χ1n) is 18.4. The minimum atomic E-state index is -1.01. The maximum absolute atomic E-state index is 14.0. The monoisotopic (exact) mass is 681 g/mol. The Hall–Kier alpha value is -1.63. The Bertz CT molecular complexity index is 1050. The van der Waals surface area contributed by atoms with E-state index in [0.29, 0.717) is 44.8 Å². The first-order chi connectivity index (χ1) is 22.5. The zero-order valence-corrected chi connectivity index (χ0v) is 31.8. The average Bonchev–Trinajstić information content (AvgIpc) is 3.03. The number of likely N-dealkylation sites (N-methyl/N-ethyl adjacent to an activating group) is 2. The number of likely N-dealkylation sites (tertiary alicyclic amines) is 1. The van der Waals surface area contributed by atoms with E-state index in [1.165, 1.54) is 0 Å².